The lowest BCUT2D eigenvalue weighted by Crippen LogP contribution is -2.39. The Labute approximate surface area is 207 Å². The van der Waals surface area contributed by atoms with Crippen molar-refractivity contribution in [2.45, 2.75) is 25.2 Å². The molecule has 0 bridgehead atoms. The van der Waals surface area contributed by atoms with E-state index in [1.807, 2.05) is 24.3 Å². The predicted molar refractivity (Wildman–Crippen MR) is 135 cm³/mol. The normalized spacial score (nSPS) is 11.0. The molecule has 0 spiro atoms. The van der Waals surface area contributed by atoms with Crippen LogP contribution in [0.3, 0.4) is 0 Å². The molecule has 0 aliphatic carbocycles. The summed E-state index contributed by atoms with van der Waals surface area (Å²) >= 11 is 2.72. The van der Waals surface area contributed by atoms with Gasteiger partial charge in [0.2, 0.25) is 5.91 Å². The number of likely N-dealkylation sites (N-methyl/N-ethyl adjacent to an activating group) is 1. The number of hydrogen-bond donors (Lipinski definition) is 0. The molecule has 3 aromatic rings. The van der Waals surface area contributed by atoms with Crippen molar-refractivity contribution in [2.24, 2.45) is 0 Å². The zero-order chi connectivity index (χ0) is 23.1. The molecule has 0 saturated heterocycles. The highest BCUT2D eigenvalue weighted by Crippen LogP contribution is 2.32. The summed E-state index contributed by atoms with van der Waals surface area (Å²) in [5.74, 6) is -0.0673. The average Bonchev–Trinajstić information content (AvgIpc) is 3.21. The molecule has 0 radical (unpaired) electrons. The summed E-state index contributed by atoms with van der Waals surface area (Å²) < 4.78 is 33.4. The second-order valence-electron chi connectivity index (χ2n) is 7.08. The van der Waals surface area contributed by atoms with Crippen molar-refractivity contribution in [3.05, 3.63) is 48.0 Å². The van der Waals surface area contributed by atoms with Gasteiger partial charge in [-0.3, -0.25) is 9.69 Å². The van der Waals surface area contributed by atoms with E-state index in [4.69, 9.17) is 4.74 Å². The van der Waals surface area contributed by atoms with Crippen molar-refractivity contribution in [1.82, 2.24) is 9.88 Å². The van der Waals surface area contributed by atoms with Gasteiger partial charge in [0.25, 0.3) is 0 Å². The number of anilines is 1. The summed E-state index contributed by atoms with van der Waals surface area (Å²) in [4.78, 5) is 22.3. The van der Waals surface area contributed by atoms with Gasteiger partial charge >= 0.3 is 0 Å². The number of ether oxygens (including phenoxy) is 1. The number of amides is 1. The first-order valence-electron chi connectivity index (χ1n) is 10.5. The standard InChI is InChI=1S/C23H27F2N3O2S2.ClH/c1-4-27(5-2)11-12-28(23-26-22-19(25)14-16(24)15-20(22)32-23)21(29)10-13-31-18-8-6-17(30-3)7-9-18;/h6-9,14-15H,4-5,10-13H2,1-3H3;1H. The van der Waals surface area contributed by atoms with Crippen LogP contribution in [0.25, 0.3) is 10.2 Å². The van der Waals surface area contributed by atoms with Crippen LogP contribution in [0.1, 0.15) is 20.3 Å². The first kappa shape index (κ1) is 27.3. The number of thioether (sulfide) groups is 1. The van der Waals surface area contributed by atoms with Gasteiger partial charge in [-0.25, -0.2) is 13.8 Å². The van der Waals surface area contributed by atoms with E-state index in [2.05, 4.69) is 23.7 Å². The van der Waals surface area contributed by atoms with E-state index in [-0.39, 0.29) is 23.8 Å². The Bertz CT molecular complexity index is 1050. The Morgan fingerprint density at radius 1 is 1.12 bits per heavy atom. The van der Waals surface area contributed by atoms with Crippen LogP contribution in [-0.2, 0) is 4.79 Å². The molecule has 1 heterocycles. The highest BCUT2D eigenvalue weighted by molar-refractivity contribution is 7.99. The van der Waals surface area contributed by atoms with E-state index < -0.39 is 11.6 Å². The topological polar surface area (TPSA) is 45.7 Å². The number of aromatic nitrogens is 1. The number of methoxy groups -OCH3 is 1. The van der Waals surface area contributed by atoms with E-state index in [0.29, 0.717) is 35.1 Å². The fourth-order valence-electron chi connectivity index (χ4n) is 3.23. The Balaban J connectivity index is 0.00000385. The van der Waals surface area contributed by atoms with Crippen LogP contribution in [-0.4, -0.2) is 54.8 Å². The molecule has 0 saturated carbocycles. The van der Waals surface area contributed by atoms with Crippen molar-refractivity contribution in [1.29, 1.82) is 0 Å². The molecule has 1 aromatic heterocycles. The van der Waals surface area contributed by atoms with Crippen molar-refractivity contribution in [2.75, 3.05) is 43.9 Å². The second-order valence-corrected chi connectivity index (χ2v) is 9.25. The van der Waals surface area contributed by atoms with Gasteiger partial charge < -0.3 is 9.64 Å². The Morgan fingerprint density at radius 3 is 2.45 bits per heavy atom. The summed E-state index contributed by atoms with van der Waals surface area (Å²) in [5.41, 5.74) is 0.0969. The first-order valence-corrected chi connectivity index (χ1v) is 12.3. The minimum Gasteiger partial charge on any atom is -0.497 e. The van der Waals surface area contributed by atoms with Gasteiger partial charge in [0.1, 0.15) is 17.1 Å². The number of rotatable bonds is 11. The molecule has 1 amide bonds. The van der Waals surface area contributed by atoms with E-state index in [1.54, 1.807) is 23.8 Å². The lowest BCUT2D eigenvalue weighted by atomic mass is 10.3. The molecule has 180 valence electrons. The summed E-state index contributed by atoms with van der Waals surface area (Å²) in [6.07, 6.45) is 0.307. The molecule has 2 aromatic carbocycles. The minimum absolute atomic E-state index is 0. The van der Waals surface area contributed by atoms with E-state index >= 15 is 0 Å². The number of hydrogen-bond acceptors (Lipinski definition) is 6. The summed E-state index contributed by atoms with van der Waals surface area (Å²) in [7, 11) is 1.62. The molecule has 0 fully saturated rings. The maximum absolute atomic E-state index is 14.2. The fourth-order valence-corrected chi connectivity index (χ4v) is 5.12. The van der Waals surface area contributed by atoms with E-state index in [1.165, 1.54) is 6.07 Å². The Hall–Kier alpha value is -1.94. The Morgan fingerprint density at radius 2 is 1.82 bits per heavy atom. The number of fused-ring (bicyclic) bond motifs is 1. The summed E-state index contributed by atoms with van der Waals surface area (Å²) in [5, 5.41) is 0.399. The number of carbonyl (C=O) groups excluding carboxylic acids is 1. The van der Waals surface area contributed by atoms with Crippen LogP contribution >= 0.6 is 35.5 Å². The van der Waals surface area contributed by atoms with E-state index in [0.717, 1.165) is 41.1 Å². The molecule has 10 heteroatoms. The lowest BCUT2D eigenvalue weighted by Gasteiger charge is -2.24. The highest BCUT2D eigenvalue weighted by atomic mass is 35.5. The van der Waals surface area contributed by atoms with Crippen LogP contribution in [0.15, 0.2) is 41.3 Å². The third kappa shape index (κ3) is 7.27. The fraction of sp³-hybridized carbons (Fsp3) is 0.391. The van der Waals surface area contributed by atoms with Gasteiger partial charge in [-0.05, 0) is 43.4 Å². The van der Waals surface area contributed by atoms with Crippen molar-refractivity contribution in [3.63, 3.8) is 0 Å². The third-order valence-electron chi connectivity index (χ3n) is 5.11. The number of benzene rings is 2. The van der Waals surface area contributed by atoms with Crippen LogP contribution in [0.4, 0.5) is 13.9 Å². The monoisotopic (exact) mass is 515 g/mol. The quantitative estimate of drug-likeness (QED) is 0.299. The summed E-state index contributed by atoms with van der Waals surface area (Å²) in [6.45, 7) is 6.99. The van der Waals surface area contributed by atoms with Crippen molar-refractivity contribution >= 4 is 56.8 Å². The van der Waals surface area contributed by atoms with Crippen LogP contribution in [0.2, 0.25) is 0 Å². The molecule has 33 heavy (non-hydrogen) atoms. The van der Waals surface area contributed by atoms with Crippen LogP contribution < -0.4 is 9.64 Å². The van der Waals surface area contributed by atoms with Gasteiger partial charge in [-0.1, -0.05) is 25.2 Å². The second kappa shape index (κ2) is 13.1. The van der Waals surface area contributed by atoms with Gasteiger partial charge in [0.05, 0.1) is 11.8 Å². The van der Waals surface area contributed by atoms with E-state index in [9.17, 15) is 13.6 Å². The average molecular weight is 516 g/mol. The van der Waals surface area contributed by atoms with Gasteiger partial charge in [0, 0.05) is 36.2 Å². The number of nitrogens with zero attached hydrogens (tertiary/aromatic N) is 3. The SMILES string of the molecule is CCN(CC)CCN(C(=O)CCSc1ccc(OC)cc1)c1nc2c(F)cc(F)cc2s1.Cl. The molecule has 0 aliphatic heterocycles. The zero-order valence-electron chi connectivity index (χ0n) is 18.8. The van der Waals surface area contributed by atoms with Crippen LogP contribution in [0.5, 0.6) is 5.75 Å². The smallest absolute Gasteiger partial charge is 0.229 e. The Kier molecular flexibility index (Phi) is 10.8. The van der Waals surface area contributed by atoms with Crippen molar-refractivity contribution < 1.29 is 18.3 Å². The third-order valence-corrected chi connectivity index (χ3v) is 7.15. The molecule has 0 atom stereocenters. The largest absolute Gasteiger partial charge is 0.497 e. The molecule has 0 aliphatic rings. The van der Waals surface area contributed by atoms with Gasteiger partial charge in [-0.2, -0.15) is 0 Å². The first-order chi connectivity index (χ1) is 15.4. The summed E-state index contributed by atoms with van der Waals surface area (Å²) in [6, 6.07) is 9.75. The maximum Gasteiger partial charge on any atom is 0.229 e. The minimum atomic E-state index is -0.714. The van der Waals surface area contributed by atoms with Gasteiger partial charge in [-0.15, -0.1) is 24.2 Å². The van der Waals surface area contributed by atoms with Crippen molar-refractivity contribution in [3.8, 4) is 5.75 Å². The zero-order valence-corrected chi connectivity index (χ0v) is 21.3. The van der Waals surface area contributed by atoms with Gasteiger partial charge in [0.15, 0.2) is 10.9 Å². The number of carbonyl (C=O) groups is 1. The lowest BCUT2D eigenvalue weighted by molar-refractivity contribution is -0.118. The molecule has 5 nitrogen and oxygen atoms in total. The molecule has 0 N–H and O–H groups in total. The van der Waals surface area contributed by atoms with Crippen LogP contribution in [0, 0.1) is 11.6 Å². The molecule has 3 rings (SSSR count). The molecule has 0 unspecified atom stereocenters. The maximum atomic E-state index is 14.2. The molecular weight excluding hydrogens is 488 g/mol. The number of halogens is 3. The predicted octanol–water partition coefficient (Wildman–Crippen LogP) is 5.86. The highest BCUT2D eigenvalue weighted by Gasteiger charge is 2.21. The number of thiazole rings is 1. The molecular formula is C23H28ClF2N3O2S2.